The molecule has 156 valence electrons. The minimum Gasteiger partial charge on any atom is -0.368 e. The summed E-state index contributed by atoms with van der Waals surface area (Å²) >= 11 is 6.18. The van der Waals surface area contributed by atoms with Crippen LogP contribution in [0.2, 0.25) is 5.02 Å². The zero-order valence-electron chi connectivity index (χ0n) is 16.5. The number of hydrogen-bond donors (Lipinski definition) is 1. The Morgan fingerprint density at radius 2 is 2.13 bits per heavy atom. The van der Waals surface area contributed by atoms with Crippen LogP contribution in [0, 0.1) is 16.0 Å². The highest BCUT2D eigenvalue weighted by molar-refractivity contribution is 6.30. The van der Waals surface area contributed by atoms with Crippen LogP contribution >= 0.6 is 11.6 Å². The number of amides is 1. The van der Waals surface area contributed by atoms with E-state index >= 15 is 0 Å². The smallest absolute Gasteiger partial charge is 0.269 e. The summed E-state index contributed by atoms with van der Waals surface area (Å²) in [7, 11) is 0. The highest BCUT2D eigenvalue weighted by Crippen LogP contribution is 2.38. The fourth-order valence-electron chi connectivity index (χ4n) is 4.43. The van der Waals surface area contributed by atoms with Gasteiger partial charge in [-0.15, -0.1) is 6.58 Å². The number of nitrogens with one attached hydrogen (secondary N) is 1. The van der Waals surface area contributed by atoms with Crippen LogP contribution in [0.15, 0.2) is 55.1 Å². The topological polar surface area (TPSA) is 78.7 Å². The summed E-state index contributed by atoms with van der Waals surface area (Å²) in [5.41, 5.74) is 2.90. The molecular formula is C22H23ClN4O3. The largest absolute Gasteiger partial charge is 0.368 e. The molecule has 7 nitrogen and oxygen atoms in total. The molecule has 1 saturated heterocycles. The number of anilines is 2. The van der Waals surface area contributed by atoms with Crippen molar-refractivity contribution in [2.24, 2.45) is 5.92 Å². The summed E-state index contributed by atoms with van der Waals surface area (Å²) < 4.78 is 0. The van der Waals surface area contributed by atoms with Crippen molar-refractivity contribution in [3.05, 3.63) is 75.8 Å². The molecule has 1 N–H and O–H groups in total. The normalized spacial score (nSPS) is 20.2. The van der Waals surface area contributed by atoms with E-state index in [9.17, 15) is 14.9 Å². The third-order valence-electron chi connectivity index (χ3n) is 5.84. The van der Waals surface area contributed by atoms with Crippen LogP contribution in [-0.4, -0.2) is 43.1 Å². The van der Waals surface area contributed by atoms with Crippen LogP contribution in [0.5, 0.6) is 0 Å². The van der Waals surface area contributed by atoms with Gasteiger partial charge in [0.1, 0.15) is 0 Å². The van der Waals surface area contributed by atoms with Gasteiger partial charge >= 0.3 is 0 Å². The molecule has 0 bridgehead atoms. The highest BCUT2D eigenvalue weighted by Gasteiger charge is 2.42. The molecular weight excluding hydrogens is 404 g/mol. The number of hydrogen-bond acceptors (Lipinski definition) is 5. The van der Waals surface area contributed by atoms with Gasteiger partial charge in [-0.25, -0.2) is 0 Å². The zero-order chi connectivity index (χ0) is 21.3. The molecule has 0 saturated carbocycles. The van der Waals surface area contributed by atoms with Gasteiger partial charge in [0.15, 0.2) is 0 Å². The number of piperazine rings is 1. The molecule has 2 aromatic rings. The highest BCUT2D eigenvalue weighted by atomic mass is 35.5. The summed E-state index contributed by atoms with van der Waals surface area (Å²) in [4.78, 5) is 28.3. The zero-order valence-corrected chi connectivity index (χ0v) is 17.2. The van der Waals surface area contributed by atoms with Crippen LogP contribution in [-0.2, 0) is 11.2 Å². The molecule has 1 amide bonds. The Balaban J connectivity index is 1.68. The van der Waals surface area contributed by atoms with E-state index in [1.165, 1.54) is 6.07 Å². The third-order valence-corrected chi connectivity index (χ3v) is 6.07. The molecule has 2 aliphatic rings. The Morgan fingerprint density at radius 3 is 2.87 bits per heavy atom. The van der Waals surface area contributed by atoms with Gasteiger partial charge in [0, 0.05) is 54.7 Å². The van der Waals surface area contributed by atoms with Crippen LogP contribution in [0.4, 0.5) is 17.1 Å². The number of halogens is 1. The second-order valence-electron chi connectivity index (χ2n) is 7.60. The van der Waals surface area contributed by atoms with Crippen molar-refractivity contribution in [3.63, 3.8) is 0 Å². The number of carbonyl (C=O) groups is 1. The van der Waals surface area contributed by atoms with E-state index in [0.29, 0.717) is 31.1 Å². The van der Waals surface area contributed by atoms with E-state index in [2.05, 4.69) is 21.7 Å². The van der Waals surface area contributed by atoms with Gasteiger partial charge in [-0.3, -0.25) is 14.9 Å². The van der Waals surface area contributed by atoms with Crippen molar-refractivity contribution in [1.82, 2.24) is 5.32 Å². The van der Waals surface area contributed by atoms with Crippen LogP contribution in [0.3, 0.4) is 0 Å². The molecule has 2 unspecified atom stereocenters. The summed E-state index contributed by atoms with van der Waals surface area (Å²) in [6, 6.07) is 12.6. The molecule has 1 fully saturated rings. The Hall–Kier alpha value is -3.06. The summed E-state index contributed by atoms with van der Waals surface area (Å²) in [5.74, 6) is -0.378. The number of benzene rings is 2. The van der Waals surface area contributed by atoms with Gasteiger partial charge in [-0.2, -0.15) is 0 Å². The lowest BCUT2D eigenvalue weighted by Gasteiger charge is -2.49. The number of fused-ring (bicyclic) bond motifs is 3. The van der Waals surface area contributed by atoms with Gasteiger partial charge in [-0.1, -0.05) is 23.7 Å². The number of rotatable bonds is 5. The third kappa shape index (κ3) is 3.85. The first-order chi connectivity index (χ1) is 14.5. The van der Waals surface area contributed by atoms with E-state index in [1.807, 2.05) is 30.3 Å². The number of nitro benzene ring substituents is 1. The van der Waals surface area contributed by atoms with Gasteiger partial charge in [0.25, 0.3) is 5.69 Å². The first kappa shape index (κ1) is 20.2. The lowest BCUT2D eigenvalue weighted by Crippen LogP contribution is -2.61. The van der Waals surface area contributed by atoms with Crippen molar-refractivity contribution in [1.29, 1.82) is 0 Å². The van der Waals surface area contributed by atoms with E-state index in [1.54, 1.807) is 12.1 Å². The molecule has 2 atom stereocenters. The fraction of sp³-hybridized carbons (Fsp3) is 0.318. The summed E-state index contributed by atoms with van der Waals surface area (Å²) in [6.07, 6.45) is 2.11. The molecule has 8 heteroatoms. The van der Waals surface area contributed by atoms with Crippen molar-refractivity contribution >= 4 is 34.6 Å². The van der Waals surface area contributed by atoms with Crippen LogP contribution in [0.25, 0.3) is 0 Å². The van der Waals surface area contributed by atoms with Gasteiger partial charge in [-0.05, 0) is 36.2 Å². The molecule has 0 spiro atoms. The Bertz CT molecular complexity index is 996. The van der Waals surface area contributed by atoms with E-state index in [4.69, 9.17) is 11.6 Å². The molecule has 0 aromatic heterocycles. The maximum absolute atomic E-state index is 13.0. The molecule has 4 rings (SSSR count). The van der Waals surface area contributed by atoms with Crippen molar-refractivity contribution < 1.29 is 9.72 Å². The van der Waals surface area contributed by atoms with Gasteiger partial charge in [0.2, 0.25) is 5.91 Å². The average molecular weight is 427 g/mol. The minimum absolute atomic E-state index is 0.0449. The van der Waals surface area contributed by atoms with Crippen molar-refractivity contribution in [3.8, 4) is 0 Å². The molecule has 0 radical (unpaired) electrons. The maximum atomic E-state index is 13.0. The van der Waals surface area contributed by atoms with Crippen molar-refractivity contribution in [2.75, 3.05) is 36.0 Å². The van der Waals surface area contributed by atoms with Crippen LogP contribution < -0.4 is 15.1 Å². The Kier molecular flexibility index (Phi) is 5.63. The summed E-state index contributed by atoms with van der Waals surface area (Å²) in [6.45, 7) is 6.21. The van der Waals surface area contributed by atoms with Gasteiger partial charge in [0.05, 0.1) is 16.9 Å². The molecule has 2 aliphatic heterocycles. The SMILES string of the molecule is C=CCNC(=O)C1Cc2cc([N+](=O)[O-])ccc2N2CCN(c3cccc(Cl)c3)CC12. The lowest BCUT2D eigenvalue weighted by molar-refractivity contribution is -0.384. The Labute approximate surface area is 180 Å². The van der Waals surface area contributed by atoms with Gasteiger partial charge < -0.3 is 15.1 Å². The monoisotopic (exact) mass is 426 g/mol. The number of non-ortho nitro benzene ring substituents is 1. The number of carbonyl (C=O) groups excluding carboxylic acids is 1. The Morgan fingerprint density at radius 1 is 1.30 bits per heavy atom. The standard InChI is InChI=1S/C22H23ClN4O3/c1-2-8-24-22(28)19-12-15-11-18(27(29)30)6-7-20(15)26-10-9-25(14-21(19)26)17-5-3-4-16(23)13-17/h2-7,11,13,19,21H,1,8-10,12,14H2,(H,24,28). The average Bonchev–Trinajstić information content (AvgIpc) is 2.76. The predicted octanol–water partition coefficient (Wildman–Crippen LogP) is 3.42. The molecule has 2 aromatic carbocycles. The quantitative estimate of drug-likeness (QED) is 0.450. The van der Waals surface area contributed by atoms with E-state index < -0.39 is 4.92 Å². The second-order valence-corrected chi connectivity index (χ2v) is 8.04. The van der Waals surface area contributed by atoms with Crippen LogP contribution in [0.1, 0.15) is 5.56 Å². The molecule has 0 aliphatic carbocycles. The first-order valence-electron chi connectivity index (χ1n) is 9.91. The minimum atomic E-state index is -0.393. The number of nitro groups is 1. The molecule has 2 heterocycles. The summed E-state index contributed by atoms with van der Waals surface area (Å²) in [5, 5.41) is 14.8. The molecule has 30 heavy (non-hydrogen) atoms. The fourth-order valence-corrected chi connectivity index (χ4v) is 4.62. The van der Waals surface area contributed by atoms with E-state index in [-0.39, 0.29) is 23.6 Å². The predicted molar refractivity (Wildman–Crippen MR) is 118 cm³/mol. The second kappa shape index (κ2) is 8.36. The van der Waals surface area contributed by atoms with Crippen molar-refractivity contribution in [2.45, 2.75) is 12.5 Å². The lowest BCUT2D eigenvalue weighted by atomic mass is 9.83. The maximum Gasteiger partial charge on any atom is 0.269 e. The first-order valence-corrected chi connectivity index (χ1v) is 10.3. The number of nitrogens with zero attached hydrogens (tertiary/aromatic N) is 3. The van der Waals surface area contributed by atoms with E-state index in [0.717, 1.165) is 23.5 Å².